The summed E-state index contributed by atoms with van der Waals surface area (Å²) in [5.74, 6) is -1.69. The van der Waals surface area contributed by atoms with Crippen molar-refractivity contribution in [2.75, 3.05) is 0 Å². The van der Waals surface area contributed by atoms with Crippen LogP contribution in [-0.4, -0.2) is 16.9 Å². The van der Waals surface area contributed by atoms with E-state index in [1.807, 2.05) is 0 Å². The number of nitrogens with zero attached hydrogens (tertiary/aromatic N) is 1. The highest BCUT2D eigenvalue weighted by atomic mass is 35.5. The van der Waals surface area contributed by atoms with Crippen LogP contribution in [-0.2, 0) is 4.74 Å². The number of hydrogen-bond acceptors (Lipinski definition) is 5. The van der Waals surface area contributed by atoms with Crippen LogP contribution in [0.1, 0.15) is 20.7 Å². The number of ether oxygens (including phenoxy) is 1. The molecule has 94 valence electrons. The molecule has 0 bridgehead atoms. The van der Waals surface area contributed by atoms with Crippen molar-refractivity contribution < 1.29 is 19.2 Å². The third-order valence-corrected chi connectivity index (χ3v) is 3.30. The van der Waals surface area contributed by atoms with Crippen molar-refractivity contribution in [3.05, 3.63) is 50.5 Å². The number of nitro benzene ring substituents is 1. The molecule has 0 atom stereocenters. The van der Waals surface area contributed by atoms with Gasteiger partial charge in [-0.25, -0.2) is 9.59 Å². The molecule has 0 saturated carbocycles. The van der Waals surface area contributed by atoms with Crippen LogP contribution in [0.2, 0.25) is 5.02 Å². The summed E-state index contributed by atoms with van der Waals surface area (Å²) < 4.78 is 4.53. The Labute approximate surface area is 110 Å². The third-order valence-electron chi connectivity index (χ3n) is 2.90. The van der Waals surface area contributed by atoms with Gasteiger partial charge in [0.25, 0.3) is 5.69 Å². The standard InChI is InChI=1S/C12H4ClNO5/c13-10-5-2-1-3-6-9(5)7(4-8(10)14(17)18)12(16)19-11(6)15/h1-4H. The number of esters is 2. The number of benzene rings is 2. The molecule has 3 rings (SSSR count). The van der Waals surface area contributed by atoms with Crippen LogP contribution >= 0.6 is 11.6 Å². The lowest BCUT2D eigenvalue weighted by Gasteiger charge is -2.15. The predicted molar refractivity (Wildman–Crippen MR) is 65.4 cm³/mol. The summed E-state index contributed by atoms with van der Waals surface area (Å²) in [6, 6.07) is 5.55. The summed E-state index contributed by atoms with van der Waals surface area (Å²) in [7, 11) is 0. The number of cyclic esters (lactones) is 2. The maximum absolute atomic E-state index is 11.7. The Morgan fingerprint density at radius 1 is 1.16 bits per heavy atom. The lowest BCUT2D eigenvalue weighted by Crippen LogP contribution is -2.19. The Hall–Kier alpha value is -2.47. The second kappa shape index (κ2) is 3.76. The minimum absolute atomic E-state index is 0.0266. The minimum Gasteiger partial charge on any atom is -0.386 e. The molecule has 2 aromatic carbocycles. The van der Waals surface area contributed by atoms with E-state index in [4.69, 9.17) is 11.6 Å². The first-order valence-corrected chi connectivity index (χ1v) is 5.54. The Bertz CT molecular complexity index is 783. The first-order valence-electron chi connectivity index (χ1n) is 5.17. The average molecular weight is 278 g/mol. The molecule has 1 heterocycles. The molecular formula is C12H4ClNO5. The summed E-state index contributed by atoms with van der Waals surface area (Å²) in [5, 5.41) is 11.4. The highest BCUT2D eigenvalue weighted by Crippen LogP contribution is 2.38. The summed E-state index contributed by atoms with van der Waals surface area (Å²) in [4.78, 5) is 33.5. The molecule has 0 fully saturated rings. The maximum Gasteiger partial charge on any atom is 0.346 e. The van der Waals surface area contributed by atoms with E-state index < -0.39 is 22.5 Å². The fraction of sp³-hybridized carbons (Fsp3) is 0. The molecule has 0 aliphatic carbocycles. The van der Waals surface area contributed by atoms with Crippen LogP contribution in [0.3, 0.4) is 0 Å². The van der Waals surface area contributed by atoms with Gasteiger partial charge in [0.1, 0.15) is 5.02 Å². The van der Waals surface area contributed by atoms with E-state index >= 15 is 0 Å². The zero-order valence-electron chi connectivity index (χ0n) is 9.18. The van der Waals surface area contributed by atoms with Crippen molar-refractivity contribution in [3.8, 4) is 0 Å². The van der Waals surface area contributed by atoms with Gasteiger partial charge in [0.05, 0.1) is 16.1 Å². The zero-order chi connectivity index (χ0) is 13.7. The summed E-state index contributed by atoms with van der Waals surface area (Å²) in [6.07, 6.45) is 0. The van der Waals surface area contributed by atoms with Crippen molar-refractivity contribution in [2.45, 2.75) is 0 Å². The van der Waals surface area contributed by atoms with E-state index in [0.29, 0.717) is 5.39 Å². The largest absolute Gasteiger partial charge is 0.386 e. The van der Waals surface area contributed by atoms with E-state index in [-0.39, 0.29) is 21.5 Å². The molecule has 6 nitrogen and oxygen atoms in total. The minimum atomic E-state index is -0.909. The molecule has 0 spiro atoms. The fourth-order valence-electron chi connectivity index (χ4n) is 2.09. The normalized spacial score (nSPS) is 13.5. The summed E-state index contributed by atoms with van der Waals surface area (Å²) in [6.45, 7) is 0. The van der Waals surface area contributed by atoms with Crippen LogP contribution < -0.4 is 0 Å². The van der Waals surface area contributed by atoms with E-state index in [0.717, 1.165) is 6.07 Å². The van der Waals surface area contributed by atoms with Crippen LogP contribution in [0.5, 0.6) is 0 Å². The van der Waals surface area contributed by atoms with Crippen LogP contribution in [0.4, 0.5) is 5.69 Å². The van der Waals surface area contributed by atoms with Crippen LogP contribution in [0.15, 0.2) is 24.3 Å². The Morgan fingerprint density at radius 2 is 1.84 bits per heavy atom. The van der Waals surface area contributed by atoms with Gasteiger partial charge < -0.3 is 4.74 Å². The van der Waals surface area contributed by atoms with Crippen molar-refractivity contribution in [1.82, 2.24) is 0 Å². The Morgan fingerprint density at radius 3 is 2.53 bits per heavy atom. The number of hydrogen-bond donors (Lipinski definition) is 0. The molecule has 7 heteroatoms. The predicted octanol–water partition coefficient (Wildman–Crippen LogP) is 2.71. The summed E-state index contributed by atoms with van der Waals surface area (Å²) >= 11 is 5.95. The molecule has 2 aromatic rings. The van der Waals surface area contributed by atoms with Gasteiger partial charge in [-0.15, -0.1) is 0 Å². The van der Waals surface area contributed by atoms with Gasteiger partial charge in [0.15, 0.2) is 0 Å². The molecule has 0 saturated heterocycles. The van der Waals surface area contributed by atoms with Gasteiger partial charge >= 0.3 is 11.9 Å². The monoisotopic (exact) mass is 277 g/mol. The van der Waals surface area contributed by atoms with Crippen molar-refractivity contribution in [2.24, 2.45) is 0 Å². The van der Waals surface area contributed by atoms with Crippen LogP contribution in [0, 0.1) is 10.1 Å². The molecule has 1 aliphatic heterocycles. The quantitative estimate of drug-likeness (QED) is 0.346. The lowest BCUT2D eigenvalue weighted by molar-refractivity contribution is -0.384. The second-order valence-corrected chi connectivity index (χ2v) is 4.30. The highest BCUT2D eigenvalue weighted by Gasteiger charge is 2.31. The lowest BCUT2D eigenvalue weighted by atomic mass is 9.96. The van der Waals surface area contributed by atoms with Gasteiger partial charge in [-0.2, -0.15) is 0 Å². The van der Waals surface area contributed by atoms with Crippen molar-refractivity contribution >= 4 is 40.0 Å². The third kappa shape index (κ3) is 1.50. The van der Waals surface area contributed by atoms with Crippen molar-refractivity contribution in [1.29, 1.82) is 0 Å². The van der Waals surface area contributed by atoms with Crippen LogP contribution in [0.25, 0.3) is 10.8 Å². The second-order valence-electron chi connectivity index (χ2n) is 3.92. The van der Waals surface area contributed by atoms with Gasteiger partial charge in [-0.3, -0.25) is 10.1 Å². The number of carbonyl (C=O) groups is 2. The summed E-state index contributed by atoms with van der Waals surface area (Å²) in [5.41, 5.74) is -0.252. The smallest absolute Gasteiger partial charge is 0.346 e. The van der Waals surface area contributed by atoms with Gasteiger partial charge in [-0.1, -0.05) is 23.7 Å². The number of rotatable bonds is 1. The molecule has 19 heavy (non-hydrogen) atoms. The highest BCUT2D eigenvalue weighted by molar-refractivity contribution is 6.39. The van der Waals surface area contributed by atoms with E-state index in [2.05, 4.69) is 4.74 Å². The molecule has 0 N–H and O–H groups in total. The van der Waals surface area contributed by atoms with Gasteiger partial charge in [-0.05, 0) is 6.07 Å². The fourth-order valence-corrected chi connectivity index (χ4v) is 2.37. The maximum atomic E-state index is 11.7. The molecule has 1 aliphatic rings. The number of nitro groups is 1. The first-order chi connectivity index (χ1) is 9.00. The Balaban J connectivity index is 2.55. The number of halogens is 1. The molecular weight excluding hydrogens is 274 g/mol. The molecule has 0 unspecified atom stereocenters. The SMILES string of the molecule is O=C1OC(=O)c2cc([N+](=O)[O-])c(Cl)c3cccc1c23. The first kappa shape index (κ1) is 11.6. The van der Waals surface area contributed by atoms with Gasteiger partial charge in [0.2, 0.25) is 0 Å². The van der Waals surface area contributed by atoms with Gasteiger partial charge in [0, 0.05) is 16.8 Å². The topological polar surface area (TPSA) is 86.5 Å². The van der Waals surface area contributed by atoms with E-state index in [1.165, 1.54) is 18.2 Å². The molecule has 0 aromatic heterocycles. The zero-order valence-corrected chi connectivity index (χ0v) is 9.93. The average Bonchev–Trinajstić information content (AvgIpc) is 2.37. The Kier molecular flexibility index (Phi) is 2.30. The molecule has 0 radical (unpaired) electrons. The van der Waals surface area contributed by atoms with Crippen molar-refractivity contribution in [3.63, 3.8) is 0 Å². The van der Waals surface area contributed by atoms with E-state index in [9.17, 15) is 19.7 Å². The van der Waals surface area contributed by atoms with E-state index in [1.54, 1.807) is 0 Å². The number of carbonyl (C=O) groups excluding carboxylic acids is 2. The molecule has 0 amide bonds.